The van der Waals surface area contributed by atoms with Crippen molar-refractivity contribution in [1.82, 2.24) is 9.88 Å². The first-order valence-electron chi connectivity index (χ1n) is 8.81. The molecule has 1 aromatic heterocycles. The number of amides is 1. The van der Waals surface area contributed by atoms with Crippen LogP contribution in [0.25, 0.3) is 0 Å². The predicted molar refractivity (Wildman–Crippen MR) is 102 cm³/mol. The molecule has 2 aromatic rings. The van der Waals surface area contributed by atoms with E-state index in [4.69, 9.17) is 15.2 Å². The third-order valence-corrected chi connectivity index (χ3v) is 5.39. The van der Waals surface area contributed by atoms with Gasteiger partial charge in [-0.1, -0.05) is 0 Å². The first kappa shape index (κ1) is 18.7. The number of ether oxygens (including phenoxy) is 2. The summed E-state index contributed by atoms with van der Waals surface area (Å²) in [7, 11) is 1.58. The smallest absolute Gasteiger partial charge is 0.254 e. The highest BCUT2D eigenvalue weighted by atomic mass is 32.1. The van der Waals surface area contributed by atoms with Gasteiger partial charge in [0.1, 0.15) is 6.61 Å². The summed E-state index contributed by atoms with van der Waals surface area (Å²) in [6, 6.07) is 5.41. The second-order valence-corrected chi connectivity index (χ2v) is 7.37. The van der Waals surface area contributed by atoms with Crippen LogP contribution in [0.1, 0.15) is 35.8 Å². The molecule has 140 valence electrons. The molecule has 2 atom stereocenters. The highest BCUT2D eigenvalue weighted by Gasteiger charge is 2.27. The number of methoxy groups -OCH3 is 1. The summed E-state index contributed by atoms with van der Waals surface area (Å²) < 4.78 is 11.2. The van der Waals surface area contributed by atoms with Crippen LogP contribution in [0.5, 0.6) is 11.5 Å². The van der Waals surface area contributed by atoms with E-state index in [-0.39, 0.29) is 11.9 Å². The summed E-state index contributed by atoms with van der Waals surface area (Å²) in [6.45, 7) is 3.86. The zero-order valence-electron chi connectivity index (χ0n) is 15.2. The Morgan fingerprint density at radius 2 is 2.31 bits per heavy atom. The fourth-order valence-corrected chi connectivity index (χ4v) is 3.73. The van der Waals surface area contributed by atoms with Crippen LogP contribution in [0, 0.1) is 5.92 Å². The fraction of sp³-hybridized carbons (Fsp3) is 0.474. The zero-order chi connectivity index (χ0) is 18.5. The molecule has 0 radical (unpaired) electrons. The lowest BCUT2D eigenvalue weighted by Crippen LogP contribution is -2.45. The average molecular weight is 375 g/mol. The van der Waals surface area contributed by atoms with Crippen LogP contribution < -0.4 is 15.2 Å². The minimum absolute atomic E-state index is 0.0136. The normalized spacial score (nSPS) is 18.4. The maximum absolute atomic E-state index is 12.9. The lowest BCUT2D eigenvalue weighted by Gasteiger charge is -2.34. The Bertz CT molecular complexity index is 734. The summed E-state index contributed by atoms with van der Waals surface area (Å²) in [5.41, 5.74) is 9.27. The molecular weight excluding hydrogens is 350 g/mol. The molecule has 0 bridgehead atoms. The number of hydrogen-bond donors (Lipinski definition) is 1. The minimum Gasteiger partial charge on any atom is -0.493 e. The number of nitrogens with two attached hydrogens (primary N) is 1. The van der Waals surface area contributed by atoms with Crippen molar-refractivity contribution in [3.63, 3.8) is 0 Å². The van der Waals surface area contributed by atoms with Crippen molar-refractivity contribution < 1.29 is 14.3 Å². The molecule has 2 unspecified atom stereocenters. The minimum atomic E-state index is 0.0136. The van der Waals surface area contributed by atoms with E-state index in [9.17, 15) is 4.79 Å². The Balaban J connectivity index is 1.70. The fourth-order valence-electron chi connectivity index (χ4n) is 3.19. The van der Waals surface area contributed by atoms with Crippen molar-refractivity contribution in [3.8, 4) is 11.5 Å². The van der Waals surface area contributed by atoms with Crippen LogP contribution in [-0.2, 0) is 6.61 Å². The van der Waals surface area contributed by atoms with Crippen LogP contribution in [0.3, 0.4) is 0 Å². The van der Waals surface area contributed by atoms with Gasteiger partial charge in [-0.15, -0.1) is 11.3 Å². The molecule has 0 aliphatic carbocycles. The summed E-state index contributed by atoms with van der Waals surface area (Å²) in [5, 5.41) is 1.94. The topological polar surface area (TPSA) is 77.7 Å². The number of piperidine rings is 1. The molecule has 1 fully saturated rings. The standard InChI is InChI=1S/C19H25N3O3S/c1-13(20)15-4-3-7-22(9-15)19(23)14-5-6-17(18(8-14)24-2)25-10-16-11-26-12-21-16/h5-6,8,11-13,15H,3-4,7,9-10,20H2,1-2H3. The third kappa shape index (κ3) is 4.34. The summed E-state index contributed by atoms with van der Waals surface area (Å²) in [4.78, 5) is 19.0. The van der Waals surface area contributed by atoms with E-state index in [1.54, 1.807) is 30.8 Å². The lowest BCUT2D eigenvalue weighted by molar-refractivity contribution is 0.0660. The van der Waals surface area contributed by atoms with Gasteiger partial charge >= 0.3 is 0 Å². The molecule has 1 aliphatic heterocycles. The maximum Gasteiger partial charge on any atom is 0.254 e. The number of nitrogens with zero attached hydrogens (tertiary/aromatic N) is 2. The van der Waals surface area contributed by atoms with Crippen molar-refractivity contribution in [2.24, 2.45) is 11.7 Å². The van der Waals surface area contributed by atoms with E-state index in [0.29, 0.717) is 36.1 Å². The van der Waals surface area contributed by atoms with Gasteiger partial charge in [-0.3, -0.25) is 4.79 Å². The first-order valence-corrected chi connectivity index (χ1v) is 9.75. The molecule has 1 aromatic carbocycles. The van der Waals surface area contributed by atoms with Gasteiger partial charge in [0.25, 0.3) is 5.91 Å². The van der Waals surface area contributed by atoms with Gasteiger partial charge in [0.15, 0.2) is 11.5 Å². The predicted octanol–water partition coefficient (Wildman–Crippen LogP) is 2.93. The van der Waals surface area contributed by atoms with Gasteiger partial charge < -0.3 is 20.1 Å². The Hall–Kier alpha value is -2.12. The molecule has 1 saturated heterocycles. The second-order valence-electron chi connectivity index (χ2n) is 6.65. The largest absolute Gasteiger partial charge is 0.493 e. The van der Waals surface area contributed by atoms with Crippen molar-refractivity contribution in [2.75, 3.05) is 20.2 Å². The van der Waals surface area contributed by atoms with E-state index in [0.717, 1.165) is 25.1 Å². The van der Waals surface area contributed by atoms with E-state index in [1.807, 2.05) is 17.2 Å². The Morgan fingerprint density at radius 1 is 1.46 bits per heavy atom. The Kier molecular flexibility index (Phi) is 6.11. The maximum atomic E-state index is 12.9. The average Bonchev–Trinajstić information content (AvgIpc) is 3.19. The molecule has 7 heteroatoms. The summed E-state index contributed by atoms with van der Waals surface area (Å²) in [5.74, 6) is 1.52. The second kappa shape index (κ2) is 8.51. The molecule has 3 rings (SSSR count). The number of thiazole rings is 1. The first-order chi connectivity index (χ1) is 12.6. The molecule has 1 aliphatic rings. The molecule has 0 saturated carbocycles. The van der Waals surface area contributed by atoms with Gasteiger partial charge in [-0.05, 0) is 43.9 Å². The number of rotatable bonds is 6. The summed E-state index contributed by atoms with van der Waals surface area (Å²) in [6.07, 6.45) is 2.07. The van der Waals surface area contributed by atoms with E-state index >= 15 is 0 Å². The van der Waals surface area contributed by atoms with Crippen LogP contribution in [-0.4, -0.2) is 42.0 Å². The summed E-state index contributed by atoms with van der Waals surface area (Å²) >= 11 is 1.53. The van der Waals surface area contributed by atoms with E-state index < -0.39 is 0 Å². The number of carbonyl (C=O) groups is 1. The van der Waals surface area contributed by atoms with Crippen molar-refractivity contribution >= 4 is 17.2 Å². The lowest BCUT2D eigenvalue weighted by atomic mass is 9.92. The van der Waals surface area contributed by atoms with Crippen LogP contribution in [0.2, 0.25) is 0 Å². The van der Waals surface area contributed by atoms with Crippen molar-refractivity contribution in [2.45, 2.75) is 32.4 Å². The Labute approximate surface area is 157 Å². The van der Waals surface area contributed by atoms with Gasteiger partial charge in [-0.25, -0.2) is 4.98 Å². The highest BCUT2D eigenvalue weighted by molar-refractivity contribution is 7.07. The quantitative estimate of drug-likeness (QED) is 0.840. The molecule has 1 amide bonds. The molecule has 2 heterocycles. The van der Waals surface area contributed by atoms with Gasteiger partial charge in [0.05, 0.1) is 18.3 Å². The van der Waals surface area contributed by atoms with Crippen molar-refractivity contribution in [1.29, 1.82) is 0 Å². The van der Waals surface area contributed by atoms with Crippen LogP contribution >= 0.6 is 11.3 Å². The number of aromatic nitrogens is 1. The third-order valence-electron chi connectivity index (χ3n) is 4.76. The molecular formula is C19H25N3O3S. The van der Waals surface area contributed by atoms with Crippen LogP contribution in [0.15, 0.2) is 29.1 Å². The Morgan fingerprint density at radius 3 is 3.00 bits per heavy atom. The molecule has 2 N–H and O–H groups in total. The number of carbonyl (C=O) groups excluding carboxylic acids is 1. The highest BCUT2D eigenvalue weighted by Crippen LogP contribution is 2.30. The van der Waals surface area contributed by atoms with Crippen molar-refractivity contribution in [3.05, 3.63) is 40.3 Å². The molecule has 0 spiro atoms. The number of hydrogen-bond acceptors (Lipinski definition) is 6. The van der Waals surface area contributed by atoms with Crippen LogP contribution in [0.4, 0.5) is 0 Å². The SMILES string of the molecule is COc1cc(C(=O)N2CCCC(C(C)N)C2)ccc1OCc1cscn1. The molecule has 26 heavy (non-hydrogen) atoms. The van der Waals surface area contributed by atoms with E-state index in [1.165, 1.54) is 11.3 Å². The van der Waals surface area contributed by atoms with Gasteiger partial charge in [-0.2, -0.15) is 0 Å². The number of likely N-dealkylation sites (tertiary alicyclic amines) is 1. The zero-order valence-corrected chi connectivity index (χ0v) is 16.0. The van der Waals surface area contributed by atoms with Gasteiger partial charge in [0, 0.05) is 30.1 Å². The number of benzene rings is 1. The van der Waals surface area contributed by atoms with E-state index in [2.05, 4.69) is 4.98 Å². The monoisotopic (exact) mass is 375 g/mol. The molecule has 6 nitrogen and oxygen atoms in total. The van der Waals surface area contributed by atoms with Gasteiger partial charge in [0.2, 0.25) is 0 Å².